The number of unbranched alkanes of at least 4 members (excludes halogenated alkanes) is 4. The maximum absolute atomic E-state index is 13.7. The van der Waals surface area contributed by atoms with Crippen LogP contribution in [0, 0.1) is 6.92 Å². The summed E-state index contributed by atoms with van der Waals surface area (Å²) in [5.74, 6) is -0.414. The zero-order valence-electron chi connectivity index (χ0n) is 71.3. The van der Waals surface area contributed by atoms with Crippen molar-refractivity contribution in [3.8, 4) is 5.75 Å². The minimum atomic E-state index is -0.664. The maximum atomic E-state index is 13.7. The molecule has 8 aromatic heterocycles. The Balaban J connectivity index is 0.000000267. The number of carbonyl (C=O) groups is 13. The molecule has 1 atom stereocenters. The van der Waals surface area contributed by atoms with Crippen LogP contribution >= 0.6 is 0 Å². The van der Waals surface area contributed by atoms with Crippen molar-refractivity contribution in [1.82, 2.24) is 46.5 Å². The van der Waals surface area contributed by atoms with Gasteiger partial charge in [0.2, 0.25) is 17.5 Å². The number of fused-ring (bicyclic) bond motifs is 4. The molecule has 2 N–H and O–H groups in total. The Morgan fingerprint density at radius 2 is 0.861 bits per heavy atom. The van der Waals surface area contributed by atoms with Crippen LogP contribution in [0.4, 0.5) is 27.5 Å². The number of nitrogens with zero attached hydrogens (tertiary/aromatic N) is 12. The number of ether oxygens (including phenoxy) is 2. The molecule has 0 aliphatic carbocycles. The molecule has 0 saturated carbocycles. The number of nitrogens with one attached hydrogen (secondary N) is 2. The number of aromatic nitrogens is 10. The lowest BCUT2D eigenvalue weighted by atomic mass is 10.1. The number of hydrogen-bond acceptors (Lipinski definition) is 18. The summed E-state index contributed by atoms with van der Waals surface area (Å²) < 4.78 is 24.6. The predicted octanol–water partition coefficient (Wildman–Crippen LogP) is 14.2. The number of aryl methyl sites for hydroxylation is 9. The number of anilines is 3. The Labute approximate surface area is 709 Å². The smallest absolute Gasteiger partial charge is 0.412 e. The van der Waals surface area contributed by atoms with Crippen LogP contribution in [0.2, 0.25) is 0 Å². The Bertz CT molecular complexity index is 5720. The van der Waals surface area contributed by atoms with E-state index in [4.69, 9.17) is 9.47 Å². The lowest BCUT2D eigenvalue weighted by molar-refractivity contribution is -0.117. The summed E-state index contributed by atoms with van der Waals surface area (Å²) in [7, 11) is 13.8. The van der Waals surface area contributed by atoms with Crippen molar-refractivity contribution in [2.45, 2.75) is 183 Å². The average Bonchev–Trinajstić information content (AvgIpc) is 1.62. The fourth-order valence-corrected chi connectivity index (χ4v) is 15.4. The van der Waals surface area contributed by atoms with Gasteiger partial charge in [0.1, 0.15) is 22.9 Å². The fraction of sp³-hybridized carbons (Fsp3) is 0.398. The minimum absolute atomic E-state index is 0. The van der Waals surface area contributed by atoms with Gasteiger partial charge in [0, 0.05) is 188 Å². The molecule has 2 aliphatic heterocycles. The molecule has 0 radical (unpaired) electrons. The monoisotopic (exact) mass is 1660 g/mol. The van der Waals surface area contributed by atoms with Crippen molar-refractivity contribution >= 4 is 105 Å². The van der Waals surface area contributed by atoms with Gasteiger partial charge in [0.15, 0.2) is 46.3 Å². The SMILES string of the molecule is C.CC(=O)CCCCCC(=O)c1cc(CC(=O)c2cc(CC(=O)c3nc(CC(=O)c4cc(NC(=O)CCCOc5cc6c(cc5C)C(=O)N5c7ccccc7C[C@H]5C=N6)cn4C)cn3C)cn2C)cn1C.CC(=O)CCCCCC(=O)c1cc(CC(=O)c2cc(CC(=O)c3nc(CC(=O)c4cc(NC(=O)OC(C)(C)C)cn4C)cn3C)cn2C)cn1C. The van der Waals surface area contributed by atoms with E-state index < -0.39 is 11.7 Å². The summed E-state index contributed by atoms with van der Waals surface area (Å²) in [6, 6.07) is 21.4. The minimum Gasteiger partial charge on any atom is -0.493 e. The van der Waals surface area contributed by atoms with E-state index in [0.717, 1.165) is 48.1 Å². The van der Waals surface area contributed by atoms with Crippen LogP contribution < -0.4 is 20.3 Å². The number of ketones is 10. The number of amides is 3. The van der Waals surface area contributed by atoms with E-state index in [1.165, 1.54) is 0 Å². The highest BCUT2D eigenvalue weighted by Gasteiger charge is 2.37. The molecule has 0 saturated heterocycles. The lowest BCUT2D eigenvalue weighted by Crippen LogP contribution is -2.37. The Kier molecular flexibility index (Phi) is 29.8. The first-order chi connectivity index (χ1) is 57.4. The van der Waals surface area contributed by atoms with Gasteiger partial charge < -0.3 is 60.9 Å². The molecule has 0 fully saturated rings. The standard InChI is InChI=1S/C54H58N8O8.C38H48N6O7.CH4/c1-33-19-41-42(55-28-40-24-37-14-10-11-15-43(37)62(40)54(41)69)27-51(33)70-18-12-17-52(68)56-38-25-46(60(5)31-38)49(66)26-39-32-61(6)53(57-39)50(67)23-36-21-45(59(4)30-36)48(65)22-35-20-44(58(3)29-35)47(64)16-9-7-8-13-34(2)63;1-24(45)12-10-9-11-13-32(46)29-14-25(20-41(29)5)16-33(47)30-15-26(21-42(30)6)17-35(49)36-39-28(23-44(36)8)19-34(48)31-18-27(22-43(31)7)40-37(50)51-38(2,3)4;/h10-11,14-15,19-21,25,27-32,40H,7-9,12-13,16-18,22-24,26H2,1-6H3,(H,56,68);14-15,18,20-23H,9-13,16-17,19H2,1-8H3,(H,40,50);1H4/t40-;;/m0../s1. The number of para-hydroxylation sites is 1. The molecule has 10 aromatic rings. The molecule has 2 aliphatic rings. The van der Waals surface area contributed by atoms with Crippen molar-refractivity contribution < 1.29 is 71.8 Å². The van der Waals surface area contributed by atoms with E-state index >= 15 is 0 Å². The quantitative estimate of drug-likeness (QED) is 0.0267. The number of hydrogen-bond donors (Lipinski definition) is 2. The highest BCUT2D eigenvalue weighted by Crippen LogP contribution is 2.39. The third kappa shape index (κ3) is 23.3. The van der Waals surface area contributed by atoms with E-state index in [1.807, 2.05) is 48.4 Å². The molecule has 0 bridgehead atoms. The molecule has 122 heavy (non-hydrogen) atoms. The molecular formula is C93H110N14O15. The van der Waals surface area contributed by atoms with Crippen molar-refractivity contribution in [2.24, 2.45) is 61.4 Å². The summed E-state index contributed by atoms with van der Waals surface area (Å²) in [5.41, 5.74) is 10.3. The summed E-state index contributed by atoms with van der Waals surface area (Å²) >= 11 is 0. The molecule has 0 spiro atoms. The highest BCUT2D eigenvalue weighted by molar-refractivity contribution is 6.15. The van der Waals surface area contributed by atoms with E-state index in [0.29, 0.717) is 142 Å². The topological polar surface area (TPSA) is 345 Å². The van der Waals surface area contributed by atoms with Gasteiger partial charge in [-0.1, -0.05) is 38.5 Å². The van der Waals surface area contributed by atoms with Gasteiger partial charge in [-0.25, -0.2) is 14.8 Å². The van der Waals surface area contributed by atoms with Crippen molar-refractivity contribution in [3.63, 3.8) is 0 Å². The molecule has 29 heteroatoms. The van der Waals surface area contributed by atoms with Crippen LogP contribution in [-0.4, -0.2) is 147 Å². The Morgan fingerprint density at radius 3 is 1.32 bits per heavy atom. The van der Waals surface area contributed by atoms with Crippen molar-refractivity contribution in [2.75, 3.05) is 22.1 Å². The van der Waals surface area contributed by atoms with Gasteiger partial charge in [-0.3, -0.25) is 63.2 Å². The molecule has 3 amide bonds. The molecule has 642 valence electrons. The average molecular weight is 1660 g/mol. The zero-order chi connectivity index (χ0) is 87.4. The van der Waals surface area contributed by atoms with Gasteiger partial charge in [0.05, 0.1) is 93.7 Å². The summed E-state index contributed by atoms with van der Waals surface area (Å²) in [6.07, 6.45) is 22.6. The normalized spacial score (nSPS) is 12.7. The number of aliphatic imine (C=N–C) groups is 1. The second kappa shape index (κ2) is 39.9. The van der Waals surface area contributed by atoms with Gasteiger partial charge in [-0.2, -0.15) is 0 Å². The van der Waals surface area contributed by atoms with Crippen LogP contribution in [0.5, 0.6) is 5.75 Å². The van der Waals surface area contributed by atoms with E-state index in [1.54, 1.807) is 220 Å². The zero-order valence-corrected chi connectivity index (χ0v) is 71.3. The van der Waals surface area contributed by atoms with Gasteiger partial charge in [-0.15, -0.1) is 0 Å². The van der Waals surface area contributed by atoms with E-state index in [-0.39, 0.29) is 146 Å². The number of rotatable bonds is 39. The number of carbonyl (C=O) groups excluding carboxylic acids is 13. The van der Waals surface area contributed by atoms with Gasteiger partial charge in [0.25, 0.3) is 5.91 Å². The second-order valence-electron chi connectivity index (χ2n) is 32.7. The summed E-state index contributed by atoms with van der Waals surface area (Å²) in [6.45, 7) is 10.6. The number of benzene rings is 2. The highest BCUT2D eigenvalue weighted by atomic mass is 16.6. The fourth-order valence-electron chi connectivity index (χ4n) is 15.4. The molecule has 10 heterocycles. The van der Waals surface area contributed by atoms with Gasteiger partial charge >= 0.3 is 6.09 Å². The van der Waals surface area contributed by atoms with Crippen LogP contribution in [0.25, 0.3) is 0 Å². The van der Waals surface area contributed by atoms with Crippen molar-refractivity contribution in [3.05, 3.63) is 219 Å². The lowest BCUT2D eigenvalue weighted by Gasteiger charge is -2.21. The number of imidazole rings is 2. The van der Waals surface area contributed by atoms with Gasteiger partial charge in [-0.05, 0) is 156 Å². The molecule has 12 rings (SSSR count). The number of Topliss-reactive ketones (excluding diaryl/α,β-unsaturated/α-hetero) is 10. The first-order valence-electron chi connectivity index (χ1n) is 40.7. The third-order valence-corrected chi connectivity index (χ3v) is 21.2. The molecule has 0 unspecified atom stereocenters. The van der Waals surface area contributed by atoms with E-state index in [9.17, 15) is 62.3 Å². The van der Waals surface area contributed by atoms with Crippen LogP contribution in [0.3, 0.4) is 0 Å². The van der Waals surface area contributed by atoms with E-state index in [2.05, 4.69) is 25.6 Å². The van der Waals surface area contributed by atoms with Crippen LogP contribution in [0.1, 0.15) is 258 Å². The first kappa shape index (κ1) is 91.2. The molecular weight excluding hydrogens is 1550 g/mol. The van der Waals surface area contributed by atoms with Crippen LogP contribution in [0.15, 0.2) is 127 Å². The van der Waals surface area contributed by atoms with Crippen LogP contribution in [-0.2, 0) is 120 Å². The molecule has 2 aromatic carbocycles. The van der Waals surface area contributed by atoms with Crippen molar-refractivity contribution in [1.29, 1.82) is 0 Å². The second-order valence-corrected chi connectivity index (χ2v) is 32.7. The Hall–Kier alpha value is -13.1. The maximum Gasteiger partial charge on any atom is 0.412 e. The third-order valence-electron chi connectivity index (χ3n) is 21.2. The predicted molar refractivity (Wildman–Crippen MR) is 463 cm³/mol. The first-order valence-corrected chi connectivity index (χ1v) is 40.7. The summed E-state index contributed by atoms with van der Waals surface area (Å²) in [5, 5.41) is 5.50. The summed E-state index contributed by atoms with van der Waals surface area (Å²) in [4.78, 5) is 182. The largest absolute Gasteiger partial charge is 0.493 e. The Morgan fingerprint density at radius 1 is 0.451 bits per heavy atom. The molecule has 29 nitrogen and oxygen atoms in total.